The van der Waals surface area contributed by atoms with Crippen LogP contribution in [0.4, 0.5) is 5.82 Å². The number of aldehydes is 1. The average molecular weight is 235 g/mol. The van der Waals surface area contributed by atoms with Gasteiger partial charge in [0.05, 0.1) is 5.56 Å². The first-order valence-electron chi connectivity index (χ1n) is 5.91. The van der Waals surface area contributed by atoms with Crippen LogP contribution in [0.5, 0.6) is 0 Å². The highest BCUT2D eigenvalue weighted by molar-refractivity contribution is 5.82. The van der Waals surface area contributed by atoms with E-state index in [0.717, 1.165) is 25.2 Å². The van der Waals surface area contributed by atoms with Gasteiger partial charge in [-0.05, 0) is 40.1 Å². The van der Waals surface area contributed by atoms with Crippen LogP contribution in [0.2, 0.25) is 0 Å². The second kappa shape index (κ2) is 6.35. The van der Waals surface area contributed by atoms with Crippen molar-refractivity contribution in [2.45, 2.75) is 19.9 Å². The van der Waals surface area contributed by atoms with Crippen LogP contribution in [0.3, 0.4) is 0 Å². The maximum absolute atomic E-state index is 11.0. The van der Waals surface area contributed by atoms with E-state index in [4.69, 9.17) is 0 Å². The molecule has 0 fully saturated rings. The van der Waals surface area contributed by atoms with Crippen LogP contribution in [-0.2, 0) is 0 Å². The van der Waals surface area contributed by atoms with Crippen LogP contribution in [0, 0.1) is 0 Å². The smallest absolute Gasteiger partial charge is 0.153 e. The highest BCUT2D eigenvalue weighted by Gasteiger charge is 2.17. The fourth-order valence-corrected chi connectivity index (χ4v) is 2.04. The molecule has 0 spiro atoms. The molecule has 17 heavy (non-hydrogen) atoms. The number of rotatable bonds is 6. The van der Waals surface area contributed by atoms with Crippen molar-refractivity contribution in [2.24, 2.45) is 0 Å². The number of aromatic nitrogens is 1. The number of nitrogens with zero attached hydrogens (tertiary/aromatic N) is 3. The van der Waals surface area contributed by atoms with E-state index in [0.29, 0.717) is 11.6 Å². The summed E-state index contributed by atoms with van der Waals surface area (Å²) in [5, 5.41) is 0. The molecule has 0 radical (unpaired) electrons. The van der Waals surface area contributed by atoms with Crippen LogP contribution in [0.25, 0.3) is 0 Å². The van der Waals surface area contributed by atoms with E-state index in [1.165, 1.54) is 0 Å². The zero-order chi connectivity index (χ0) is 12.8. The monoisotopic (exact) mass is 235 g/mol. The van der Waals surface area contributed by atoms with E-state index in [1.807, 2.05) is 14.1 Å². The molecule has 0 amide bonds. The predicted molar refractivity (Wildman–Crippen MR) is 70.7 cm³/mol. The van der Waals surface area contributed by atoms with Gasteiger partial charge in [-0.2, -0.15) is 0 Å². The SMILES string of the molecule is CCN(c1ncccc1C=O)C(C)CN(C)C. The largest absolute Gasteiger partial charge is 0.352 e. The molecule has 1 atom stereocenters. The Kier molecular flexibility index (Phi) is 5.10. The molecule has 1 aromatic rings. The summed E-state index contributed by atoms with van der Waals surface area (Å²) in [7, 11) is 4.09. The number of carbonyl (C=O) groups is 1. The summed E-state index contributed by atoms with van der Waals surface area (Å²) in [5.74, 6) is 0.777. The lowest BCUT2D eigenvalue weighted by Crippen LogP contribution is -2.41. The van der Waals surface area contributed by atoms with Crippen molar-refractivity contribution < 1.29 is 4.79 Å². The van der Waals surface area contributed by atoms with Crippen LogP contribution >= 0.6 is 0 Å². The fraction of sp³-hybridized carbons (Fsp3) is 0.538. The Balaban J connectivity index is 2.96. The van der Waals surface area contributed by atoms with Crippen molar-refractivity contribution in [2.75, 3.05) is 32.1 Å². The minimum atomic E-state index is 0.323. The number of anilines is 1. The maximum atomic E-state index is 11.0. The second-order valence-corrected chi connectivity index (χ2v) is 4.43. The normalized spacial score (nSPS) is 12.5. The predicted octanol–water partition coefficient (Wildman–Crippen LogP) is 1.67. The van der Waals surface area contributed by atoms with Crippen molar-refractivity contribution >= 4 is 12.1 Å². The summed E-state index contributed by atoms with van der Waals surface area (Å²) in [6.07, 6.45) is 2.60. The first-order valence-corrected chi connectivity index (χ1v) is 5.91. The molecule has 1 aromatic heterocycles. The third-order valence-electron chi connectivity index (χ3n) is 2.72. The van der Waals surface area contributed by atoms with Gasteiger partial charge in [0.15, 0.2) is 6.29 Å². The number of carbonyl (C=O) groups excluding carboxylic acids is 1. The standard InChI is InChI=1S/C13H21N3O/c1-5-16(11(2)9-15(3)4)13-12(10-17)7-6-8-14-13/h6-8,10-11H,5,9H2,1-4H3. The van der Waals surface area contributed by atoms with Gasteiger partial charge in [-0.3, -0.25) is 4.79 Å². The van der Waals surface area contributed by atoms with Crippen molar-refractivity contribution in [1.29, 1.82) is 0 Å². The molecular weight excluding hydrogens is 214 g/mol. The van der Waals surface area contributed by atoms with E-state index >= 15 is 0 Å². The summed E-state index contributed by atoms with van der Waals surface area (Å²) in [6, 6.07) is 3.92. The molecule has 0 aromatic carbocycles. The van der Waals surface area contributed by atoms with Crippen molar-refractivity contribution in [1.82, 2.24) is 9.88 Å². The van der Waals surface area contributed by atoms with E-state index in [9.17, 15) is 4.79 Å². The zero-order valence-electron chi connectivity index (χ0n) is 11.1. The first-order chi connectivity index (χ1) is 8.10. The fourth-order valence-electron chi connectivity index (χ4n) is 2.04. The summed E-state index contributed by atoms with van der Waals surface area (Å²) in [5.41, 5.74) is 0.653. The molecule has 0 aliphatic rings. The van der Waals surface area contributed by atoms with Crippen LogP contribution in [0.1, 0.15) is 24.2 Å². The summed E-state index contributed by atoms with van der Waals surface area (Å²) in [4.78, 5) is 19.6. The Morgan fingerprint density at radius 2 is 2.18 bits per heavy atom. The molecule has 1 rings (SSSR count). The number of hydrogen-bond acceptors (Lipinski definition) is 4. The molecule has 0 bridgehead atoms. The first kappa shape index (κ1) is 13.6. The average Bonchev–Trinajstić information content (AvgIpc) is 2.29. The van der Waals surface area contributed by atoms with E-state index in [1.54, 1.807) is 18.3 Å². The Morgan fingerprint density at radius 3 is 2.71 bits per heavy atom. The van der Waals surface area contributed by atoms with E-state index in [2.05, 4.69) is 28.6 Å². The number of pyridine rings is 1. The minimum Gasteiger partial charge on any atom is -0.352 e. The van der Waals surface area contributed by atoms with Gasteiger partial charge < -0.3 is 9.80 Å². The van der Waals surface area contributed by atoms with Gasteiger partial charge in [-0.15, -0.1) is 0 Å². The third-order valence-corrected chi connectivity index (χ3v) is 2.72. The lowest BCUT2D eigenvalue weighted by molar-refractivity contribution is 0.112. The molecule has 1 heterocycles. The zero-order valence-corrected chi connectivity index (χ0v) is 11.1. The molecule has 1 unspecified atom stereocenters. The summed E-state index contributed by atoms with van der Waals surface area (Å²) >= 11 is 0. The van der Waals surface area contributed by atoms with Crippen LogP contribution < -0.4 is 4.90 Å². The Bertz CT molecular complexity index is 365. The van der Waals surface area contributed by atoms with Gasteiger partial charge in [0.25, 0.3) is 0 Å². The molecule has 0 saturated heterocycles. The van der Waals surface area contributed by atoms with Crippen molar-refractivity contribution in [3.63, 3.8) is 0 Å². The molecule has 0 saturated carbocycles. The Morgan fingerprint density at radius 1 is 1.47 bits per heavy atom. The lowest BCUT2D eigenvalue weighted by Gasteiger charge is -2.31. The van der Waals surface area contributed by atoms with Crippen molar-refractivity contribution in [3.05, 3.63) is 23.9 Å². The molecule has 4 nitrogen and oxygen atoms in total. The lowest BCUT2D eigenvalue weighted by atomic mass is 10.2. The van der Waals surface area contributed by atoms with Gasteiger partial charge in [0.1, 0.15) is 5.82 Å². The van der Waals surface area contributed by atoms with Gasteiger partial charge in [-0.25, -0.2) is 4.98 Å². The third kappa shape index (κ3) is 3.53. The Hall–Kier alpha value is -1.42. The molecule has 0 N–H and O–H groups in total. The highest BCUT2D eigenvalue weighted by atomic mass is 16.1. The molecule has 0 aliphatic heterocycles. The molecule has 4 heteroatoms. The van der Waals surface area contributed by atoms with E-state index in [-0.39, 0.29) is 0 Å². The van der Waals surface area contributed by atoms with Gasteiger partial charge in [-0.1, -0.05) is 0 Å². The van der Waals surface area contributed by atoms with Gasteiger partial charge in [0, 0.05) is 25.3 Å². The van der Waals surface area contributed by atoms with E-state index < -0.39 is 0 Å². The van der Waals surface area contributed by atoms with Gasteiger partial charge >= 0.3 is 0 Å². The molecule has 0 aliphatic carbocycles. The number of likely N-dealkylation sites (N-methyl/N-ethyl adjacent to an activating group) is 2. The van der Waals surface area contributed by atoms with Crippen molar-refractivity contribution in [3.8, 4) is 0 Å². The quantitative estimate of drug-likeness (QED) is 0.703. The maximum Gasteiger partial charge on any atom is 0.153 e. The summed E-state index contributed by atoms with van der Waals surface area (Å²) < 4.78 is 0. The molecule has 94 valence electrons. The van der Waals surface area contributed by atoms with Crippen LogP contribution in [-0.4, -0.2) is 49.4 Å². The van der Waals surface area contributed by atoms with Gasteiger partial charge in [0.2, 0.25) is 0 Å². The highest BCUT2D eigenvalue weighted by Crippen LogP contribution is 2.17. The topological polar surface area (TPSA) is 36.4 Å². The Labute approximate surface area is 103 Å². The van der Waals surface area contributed by atoms with Crippen LogP contribution in [0.15, 0.2) is 18.3 Å². The number of hydrogen-bond donors (Lipinski definition) is 0. The second-order valence-electron chi connectivity index (χ2n) is 4.43. The minimum absolute atomic E-state index is 0.323. The summed E-state index contributed by atoms with van der Waals surface area (Å²) in [6.45, 7) is 6.00. The molecular formula is C13H21N3O.